The first-order chi connectivity index (χ1) is 8.19. The van der Waals surface area contributed by atoms with Crippen LogP contribution in [0.1, 0.15) is 39.5 Å². The van der Waals surface area contributed by atoms with E-state index in [1.54, 1.807) is 0 Å². The fourth-order valence-corrected chi connectivity index (χ4v) is 2.22. The normalized spacial score (nSPS) is 19.4. The maximum Gasteiger partial charge on any atom is 0.222 e. The van der Waals surface area contributed by atoms with Crippen molar-refractivity contribution in [2.45, 2.75) is 45.6 Å². The number of nitrogens with zero attached hydrogens (tertiary/aromatic N) is 2. The van der Waals surface area contributed by atoms with E-state index < -0.39 is 0 Å². The molecule has 17 heavy (non-hydrogen) atoms. The molecular formula is C13H26N2O2. The van der Waals surface area contributed by atoms with E-state index in [1.807, 2.05) is 4.90 Å². The Hall–Kier alpha value is -0.610. The zero-order valence-electron chi connectivity index (χ0n) is 11.2. The van der Waals surface area contributed by atoms with Crippen molar-refractivity contribution in [3.8, 4) is 0 Å². The Balaban J connectivity index is 2.24. The van der Waals surface area contributed by atoms with Gasteiger partial charge in [-0.05, 0) is 26.2 Å². The maximum atomic E-state index is 11.8. The van der Waals surface area contributed by atoms with Crippen molar-refractivity contribution < 1.29 is 9.90 Å². The number of unbranched alkanes of at least 4 members (excludes halogenated alkanes) is 1. The van der Waals surface area contributed by atoms with Gasteiger partial charge in [0, 0.05) is 45.2 Å². The number of piperazine rings is 1. The van der Waals surface area contributed by atoms with Crippen molar-refractivity contribution in [1.29, 1.82) is 0 Å². The molecule has 0 spiro atoms. The molecule has 1 rings (SSSR count). The van der Waals surface area contributed by atoms with Crippen LogP contribution in [0.15, 0.2) is 0 Å². The number of aliphatic hydroxyl groups is 1. The van der Waals surface area contributed by atoms with E-state index in [2.05, 4.69) is 18.7 Å². The van der Waals surface area contributed by atoms with Crippen LogP contribution >= 0.6 is 0 Å². The number of rotatable bonds is 6. The number of hydrogen-bond donors (Lipinski definition) is 1. The number of amides is 1. The molecule has 0 aromatic heterocycles. The highest BCUT2D eigenvalue weighted by Crippen LogP contribution is 2.10. The summed E-state index contributed by atoms with van der Waals surface area (Å²) in [6.45, 7) is 8.37. The highest BCUT2D eigenvalue weighted by molar-refractivity contribution is 5.76. The molecule has 0 bridgehead atoms. The topological polar surface area (TPSA) is 43.8 Å². The Kier molecular flexibility index (Phi) is 6.52. The lowest BCUT2D eigenvalue weighted by atomic mass is 10.1. The summed E-state index contributed by atoms with van der Waals surface area (Å²) in [4.78, 5) is 16.3. The van der Waals surface area contributed by atoms with Gasteiger partial charge < -0.3 is 10.0 Å². The van der Waals surface area contributed by atoms with Gasteiger partial charge in [0.15, 0.2) is 0 Å². The summed E-state index contributed by atoms with van der Waals surface area (Å²) in [5.41, 5.74) is 0. The van der Waals surface area contributed by atoms with E-state index in [0.717, 1.165) is 39.0 Å². The molecule has 4 heteroatoms. The molecule has 1 N–H and O–H groups in total. The van der Waals surface area contributed by atoms with Crippen LogP contribution in [0, 0.1) is 0 Å². The molecular weight excluding hydrogens is 216 g/mol. The summed E-state index contributed by atoms with van der Waals surface area (Å²) < 4.78 is 0. The molecule has 4 nitrogen and oxygen atoms in total. The largest absolute Gasteiger partial charge is 0.396 e. The molecule has 1 saturated heterocycles. The zero-order valence-corrected chi connectivity index (χ0v) is 11.2. The van der Waals surface area contributed by atoms with E-state index in [0.29, 0.717) is 12.5 Å². The molecule has 0 aromatic rings. The second-order valence-corrected chi connectivity index (χ2v) is 4.85. The molecule has 1 unspecified atom stereocenters. The minimum Gasteiger partial charge on any atom is -0.396 e. The van der Waals surface area contributed by atoms with Crippen molar-refractivity contribution in [3.63, 3.8) is 0 Å². The van der Waals surface area contributed by atoms with Crippen LogP contribution in [-0.2, 0) is 4.79 Å². The molecule has 1 fully saturated rings. The standard InChI is InChI=1S/C13H26N2O2/c1-3-12(2)14-7-9-15(10-8-14)13(17)6-4-5-11-16/h12,16H,3-11H2,1-2H3. The Morgan fingerprint density at radius 1 is 1.24 bits per heavy atom. The lowest BCUT2D eigenvalue weighted by Gasteiger charge is -2.37. The molecule has 0 aromatic carbocycles. The van der Waals surface area contributed by atoms with Gasteiger partial charge in [-0.15, -0.1) is 0 Å². The van der Waals surface area contributed by atoms with Crippen molar-refractivity contribution in [3.05, 3.63) is 0 Å². The fraction of sp³-hybridized carbons (Fsp3) is 0.923. The van der Waals surface area contributed by atoms with Gasteiger partial charge in [-0.3, -0.25) is 9.69 Å². The smallest absolute Gasteiger partial charge is 0.222 e. The predicted molar refractivity (Wildman–Crippen MR) is 68.8 cm³/mol. The molecule has 1 atom stereocenters. The van der Waals surface area contributed by atoms with Gasteiger partial charge in [-0.2, -0.15) is 0 Å². The van der Waals surface area contributed by atoms with Crippen LogP contribution in [0.2, 0.25) is 0 Å². The summed E-state index contributed by atoms with van der Waals surface area (Å²) in [7, 11) is 0. The molecule has 1 amide bonds. The Labute approximate surface area is 105 Å². The van der Waals surface area contributed by atoms with Gasteiger partial charge >= 0.3 is 0 Å². The van der Waals surface area contributed by atoms with Crippen LogP contribution in [0.4, 0.5) is 0 Å². The first kappa shape index (κ1) is 14.5. The summed E-state index contributed by atoms with van der Waals surface area (Å²) >= 11 is 0. The average Bonchev–Trinajstić information content (AvgIpc) is 2.38. The minimum absolute atomic E-state index is 0.190. The molecule has 0 saturated carbocycles. The quantitative estimate of drug-likeness (QED) is 0.709. The van der Waals surface area contributed by atoms with Crippen LogP contribution in [0.3, 0.4) is 0 Å². The Morgan fingerprint density at radius 2 is 1.88 bits per heavy atom. The lowest BCUT2D eigenvalue weighted by Crippen LogP contribution is -2.51. The van der Waals surface area contributed by atoms with Gasteiger partial charge in [0.2, 0.25) is 5.91 Å². The molecule has 1 aliphatic rings. The van der Waals surface area contributed by atoms with Crippen molar-refractivity contribution in [2.75, 3.05) is 32.8 Å². The third-order valence-corrected chi connectivity index (χ3v) is 3.68. The first-order valence-corrected chi connectivity index (χ1v) is 6.81. The zero-order chi connectivity index (χ0) is 12.7. The number of hydrogen-bond acceptors (Lipinski definition) is 3. The van der Waals surface area contributed by atoms with Crippen LogP contribution in [0.25, 0.3) is 0 Å². The van der Waals surface area contributed by atoms with Crippen molar-refractivity contribution in [2.24, 2.45) is 0 Å². The van der Waals surface area contributed by atoms with Crippen LogP contribution in [0.5, 0.6) is 0 Å². The fourth-order valence-electron chi connectivity index (χ4n) is 2.22. The summed E-state index contributed by atoms with van der Waals surface area (Å²) in [5, 5.41) is 8.68. The van der Waals surface area contributed by atoms with Gasteiger partial charge in [0.25, 0.3) is 0 Å². The number of carbonyl (C=O) groups excluding carboxylic acids is 1. The third-order valence-electron chi connectivity index (χ3n) is 3.68. The second-order valence-electron chi connectivity index (χ2n) is 4.85. The molecule has 1 heterocycles. The molecule has 0 radical (unpaired) electrons. The Bertz CT molecular complexity index is 225. The van der Waals surface area contributed by atoms with Crippen molar-refractivity contribution in [1.82, 2.24) is 9.80 Å². The summed E-state index contributed by atoms with van der Waals surface area (Å²) in [6.07, 6.45) is 3.30. The third kappa shape index (κ3) is 4.64. The van der Waals surface area contributed by atoms with Crippen LogP contribution < -0.4 is 0 Å². The predicted octanol–water partition coefficient (Wildman–Crippen LogP) is 1.09. The van der Waals surface area contributed by atoms with E-state index in [1.165, 1.54) is 6.42 Å². The highest BCUT2D eigenvalue weighted by atomic mass is 16.3. The monoisotopic (exact) mass is 242 g/mol. The van der Waals surface area contributed by atoms with Crippen LogP contribution in [-0.4, -0.2) is 59.6 Å². The van der Waals surface area contributed by atoms with Crippen molar-refractivity contribution >= 4 is 5.91 Å². The number of aliphatic hydroxyl groups excluding tert-OH is 1. The number of carbonyl (C=O) groups is 1. The SMILES string of the molecule is CCC(C)N1CCN(C(=O)CCCCO)CC1. The second kappa shape index (κ2) is 7.67. The first-order valence-electron chi connectivity index (χ1n) is 6.81. The van der Waals surface area contributed by atoms with E-state index in [-0.39, 0.29) is 12.5 Å². The van der Waals surface area contributed by atoms with E-state index in [4.69, 9.17) is 5.11 Å². The minimum atomic E-state index is 0.190. The van der Waals surface area contributed by atoms with Gasteiger partial charge in [-0.1, -0.05) is 6.92 Å². The van der Waals surface area contributed by atoms with Gasteiger partial charge in [0.1, 0.15) is 0 Å². The van der Waals surface area contributed by atoms with E-state index >= 15 is 0 Å². The Morgan fingerprint density at radius 3 is 2.41 bits per heavy atom. The highest BCUT2D eigenvalue weighted by Gasteiger charge is 2.22. The summed E-state index contributed by atoms with van der Waals surface area (Å²) in [6, 6.07) is 0.627. The lowest BCUT2D eigenvalue weighted by molar-refractivity contribution is -0.133. The molecule has 100 valence electrons. The average molecular weight is 242 g/mol. The van der Waals surface area contributed by atoms with Gasteiger partial charge in [-0.25, -0.2) is 0 Å². The van der Waals surface area contributed by atoms with E-state index in [9.17, 15) is 4.79 Å². The van der Waals surface area contributed by atoms with Gasteiger partial charge in [0.05, 0.1) is 0 Å². The molecule has 0 aliphatic carbocycles. The molecule has 1 aliphatic heterocycles. The summed E-state index contributed by atoms with van der Waals surface area (Å²) in [5.74, 6) is 0.252. The maximum absolute atomic E-state index is 11.8.